The zero-order valence-corrected chi connectivity index (χ0v) is 15.0. The molecular weight excluding hydrogens is 342 g/mol. The molecule has 134 valence electrons. The lowest BCUT2D eigenvalue weighted by molar-refractivity contribution is -0.131. The molecule has 1 aromatic carbocycles. The highest BCUT2D eigenvalue weighted by Gasteiger charge is 2.51. The van der Waals surface area contributed by atoms with Crippen LogP contribution in [0, 0.1) is 6.92 Å². The number of hydrogen-bond acceptors (Lipinski definition) is 3. The Morgan fingerprint density at radius 2 is 2.04 bits per heavy atom. The van der Waals surface area contributed by atoms with Crippen molar-refractivity contribution >= 4 is 35.1 Å². The van der Waals surface area contributed by atoms with Crippen LogP contribution in [0.15, 0.2) is 18.2 Å². The van der Waals surface area contributed by atoms with Crippen molar-refractivity contribution in [1.29, 1.82) is 0 Å². The molecule has 0 radical (unpaired) electrons. The Morgan fingerprint density at radius 1 is 1.32 bits per heavy atom. The summed E-state index contributed by atoms with van der Waals surface area (Å²) in [6.07, 6.45) is 4.00. The maximum absolute atomic E-state index is 12.5. The lowest BCUT2D eigenvalue weighted by atomic mass is 9.98. The highest BCUT2D eigenvalue weighted by molar-refractivity contribution is 6.31. The number of nitrogens with zero attached hydrogens (tertiary/aromatic N) is 1. The Hall–Kier alpha value is -2.08. The number of hydrogen-bond donors (Lipinski definition) is 2. The molecule has 0 unspecified atom stereocenters. The monoisotopic (exact) mass is 363 g/mol. The first-order valence-electron chi connectivity index (χ1n) is 8.61. The topological polar surface area (TPSA) is 78.5 Å². The van der Waals surface area contributed by atoms with E-state index in [0.717, 1.165) is 18.4 Å². The van der Waals surface area contributed by atoms with Gasteiger partial charge in [0.2, 0.25) is 5.91 Å². The third-order valence-electron chi connectivity index (χ3n) is 4.96. The van der Waals surface area contributed by atoms with Gasteiger partial charge in [0, 0.05) is 23.7 Å². The van der Waals surface area contributed by atoms with Crippen LogP contribution >= 0.6 is 11.6 Å². The van der Waals surface area contributed by atoms with Crippen molar-refractivity contribution in [3.05, 3.63) is 28.8 Å². The van der Waals surface area contributed by atoms with Crippen LogP contribution in [-0.4, -0.2) is 34.8 Å². The molecule has 0 bridgehead atoms. The summed E-state index contributed by atoms with van der Waals surface area (Å²) in [6.45, 7) is 2.15. The largest absolute Gasteiger partial charge is 0.326 e. The average molecular weight is 364 g/mol. The van der Waals surface area contributed by atoms with Crippen molar-refractivity contribution < 1.29 is 14.4 Å². The van der Waals surface area contributed by atoms with Gasteiger partial charge < -0.3 is 10.6 Å². The summed E-state index contributed by atoms with van der Waals surface area (Å²) in [5.74, 6) is -0.297. The molecule has 1 aromatic rings. The molecule has 7 heteroatoms. The number of carbonyl (C=O) groups excluding carboxylic acids is 3. The van der Waals surface area contributed by atoms with Gasteiger partial charge in [-0.05, 0) is 43.9 Å². The lowest BCUT2D eigenvalue weighted by Gasteiger charge is -2.19. The molecule has 25 heavy (non-hydrogen) atoms. The molecule has 1 aliphatic carbocycles. The molecule has 6 nitrogen and oxygen atoms in total. The third-order valence-corrected chi connectivity index (χ3v) is 5.20. The summed E-state index contributed by atoms with van der Waals surface area (Å²) in [5.41, 5.74) is 0.921. The van der Waals surface area contributed by atoms with Crippen LogP contribution in [0.25, 0.3) is 0 Å². The number of nitrogens with one attached hydrogen (secondary N) is 2. The predicted octanol–water partition coefficient (Wildman–Crippen LogP) is 3.23. The number of halogens is 1. The van der Waals surface area contributed by atoms with Crippen LogP contribution in [0.3, 0.4) is 0 Å². The molecule has 1 saturated heterocycles. The molecule has 1 spiro atoms. The number of urea groups is 1. The fraction of sp³-hybridized carbons (Fsp3) is 0.500. The lowest BCUT2D eigenvalue weighted by Crippen LogP contribution is -2.44. The van der Waals surface area contributed by atoms with Gasteiger partial charge in [0.05, 0.1) is 0 Å². The maximum Gasteiger partial charge on any atom is 0.325 e. The number of rotatable bonds is 5. The molecular formula is C18H22ClN3O3. The minimum Gasteiger partial charge on any atom is -0.326 e. The fourth-order valence-electron chi connectivity index (χ4n) is 3.54. The highest BCUT2D eigenvalue weighted by atomic mass is 35.5. The van der Waals surface area contributed by atoms with Crippen molar-refractivity contribution in [3.63, 3.8) is 0 Å². The standard InChI is InChI=1S/C18H22ClN3O3/c1-12-6-7-13(19)11-14(12)20-15(23)5-4-10-22-16(24)18(21-17(22)25)8-2-3-9-18/h6-7,11H,2-5,8-10H2,1H3,(H,20,23)(H,21,25). The van der Waals surface area contributed by atoms with Gasteiger partial charge in [-0.1, -0.05) is 30.5 Å². The van der Waals surface area contributed by atoms with E-state index in [-0.39, 0.29) is 30.8 Å². The van der Waals surface area contributed by atoms with Crippen molar-refractivity contribution in [1.82, 2.24) is 10.2 Å². The van der Waals surface area contributed by atoms with Crippen LogP contribution in [0.1, 0.15) is 44.1 Å². The van der Waals surface area contributed by atoms with Gasteiger partial charge in [0.25, 0.3) is 5.91 Å². The first kappa shape index (κ1) is 17.7. The van der Waals surface area contributed by atoms with E-state index in [1.54, 1.807) is 12.1 Å². The number of benzene rings is 1. The summed E-state index contributed by atoms with van der Waals surface area (Å²) in [5, 5.41) is 6.22. The normalized spacial score (nSPS) is 18.7. The van der Waals surface area contributed by atoms with Crippen molar-refractivity contribution in [3.8, 4) is 0 Å². The Morgan fingerprint density at radius 3 is 2.76 bits per heavy atom. The van der Waals surface area contributed by atoms with E-state index in [0.29, 0.717) is 30.0 Å². The summed E-state index contributed by atoms with van der Waals surface area (Å²) in [6, 6.07) is 4.98. The van der Waals surface area contributed by atoms with Crippen LogP contribution in [0.2, 0.25) is 5.02 Å². The molecule has 2 aliphatic rings. The average Bonchev–Trinajstić information content (AvgIpc) is 3.12. The van der Waals surface area contributed by atoms with E-state index >= 15 is 0 Å². The van der Waals surface area contributed by atoms with Gasteiger partial charge >= 0.3 is 6.03 Å². The van der Waals surface area contributed by atoms with Crippen LogP contribution in [0.4, 0.5) is 10.5 Å². The van der Waals surface area contributed by atoms with Gasteiger partial charge in [0.1, 0.15) is 5.54 Å². The van der Waals surface area contributed by atoms with Gasteiger partial charge in [-0.3, -0.25) is 14.5 Å². The second-order valence-electron chi connectivity index (χ2n) is 6.79. The summed E-state index contributed by atoms with van der Waals surface area (Å²) in [4.78, 5) is 37.9. The zero-order valence-electron chi connectivity index (χ0n) is 14.2. The minimum atomic E-state index is -0.683. The number of anilines is 1. The summed E-state index contributed by atoms with van der Waals surface area (Å²) in [7, 11) is 0. The Bertz CT molecular complexity index is 714. The maximum atomic E-state index is 12.5. The van der Waals surface area contributed by atoms with Crippen LogP contribution < -0.4 is 10.6 Å². The van der Waals surface area contributed by atoms with Gasteiger partial charge in [0.15, 0.2) is 0 Å². The van der Waals surface area contributed by atoms with Crippen LogP contribution in [-0.2, 0) is 9.59 Å². The quantitative estimate of drug-likeness (QED) is 0.788. The van der Waals surface area contributed by atoms with Crippen molar-refractivity contribution in [2.24, 2.45) is 0 Å². The van der Waals surface area contributed by atoms with E-state index < -0.39 is 5.54 Å². The van der Waals surface area contributed by atoms with Crippen molar-refractivity contribution in [2.75, 3.05) is 11.9 Å². The Kier molecular flexibility index (Phi) is 4.99. The van der Waals surface area contributed by atoms with Gasteiger partial charge in [-0.15, -0.1) is 0 Å². The third kappa shape index (κ3) is 3.63. The first-order valence-corrected chi connectivity index (χ1v) is 8.99. The van der Waals surface area contributed by atoms with Crippen molar-refractivity contribution in [2.45, 2.75) is 51.0 Å². The van der Waals surface area contributed by atoms with E-state index in [4.69, 9.17) is 11.6 Å². The molecule has 0 aromatic heterocycles. The highest BCUT2D eigenvalue weighted by Crippen LogP contribution is 2.35. The fourth-order valence-corrected chi connectivity index (χ4v) is 3.71. The second-order valence-corrected chi connectivity index (χ2v) is 7.22. The van der Waals surface area contributed by atoms with E-state index in [2.05, 4.69) is 10.6 Å². The molecule has 2 N–H and O–H groups in total. The smallest absolute Gasteiger partial charge is 0.325 e. The molecule has 1 aliphatic heterocycles. The second kappa shape index (κ2) is 7.04. The SMILES string of the molecule is Cc1ccc(Cl)cc1NC(=O)CCCN1C(=O)NC2(CCCC2)C1=O. The number of carbonyl (C=O) groups is 3. The Labute approximate surface area is 151 Å². The molecule has 0 atom stereocenters. The molecule has 4 amide bonds. The first-order chi connectivity index (χ1) is 11.9. The Balaban J connectivity index is 1.51. The minimum absolute atomic E-state index is 0.138. The zero-order chi connectivity index (χ0) is 18.0. The molecule has 3 rings (SSSR count). The number of aryl methyl sites for hydroxylation is 1. The van der Waals surface area contributed by atoms with Crippen LogP contribution in [0.5, 0.6) is 0 Å². The molecule has 1 heterocycles. The number of imide groups is 1. The number of amides is 4. The van der Waals surface area contributed by atoms with Gasteiger partial charge in [-0.25, -0.2) is 4.79 Å². The van der Waals surface area contributed by atoms with E-state index in [9.17, 15) is 14.4 Å². The molecule has 2 fully saturated rings. The summed E-state index contributed by atoms with van der Waals surface area (Å²) >= 11 is 5.94. The van der Waals surface area contributed by atoms with E-state index in [1.165, 1.54) is 4.90 Å². The van der Waals surface area contributed by atoms with E-state index in [1.807, 2.05) is 13.0 Å². The predicted molar refractivity (Wildman–Crippen MR) is 95.5 cm³/mol. The van der Waals surface area contributed by atoms with Gasteiger partial charge in [-0.2, -0.15) is 0 Å². The molecule has 1 saturated carbocycles. The summed E-state index contributed by atoms with van der Waals surface area (Å²) < 4.78 is 0.